The van der Waals surface area contributed by atoms with E-state index in [-0.39, 0.29) is 0 Å². The van der Waals surface area contributed by atoms with Crippen LogP contribution in [0.15, 0.2) is 18.2 Å². The molecule has 0 aliphatic rings. The van der Waals surface area contributed by atoms with Gasteiger partial charge in [-0.15, -0.1) is 0 Å². The molecule has 0 spiro atoms. The molecule has 1 rings (SSSR count). The molecule has 0 nitrogen and oxygen atoms in total. The molecule has 1 aromatic rings. The fraction of sp³-hybridized carbons (Fsp3) is 0.833. The Kier molecular flexibility index (Phi) is 19.7. The molecule has 0 unspecified atom stereocenters. The molecule has 0 radical (unpaired) electrons. The Hall–Kier alpha value is 0.510. The molecule has 3 heteroatoms. The Balaban J connectivity index is 3.68. The van der Waals surface area contributed by atoms with Crippen LogP contribution in [-0.2, 0) is 18.5 Å². The fourth-order valence-corrected chi connectivity index (χ4v) is 25.7. The Morgan fingerprint density at radius 1 is 0.308 bits per heavy atom. The van der Waals surface area contributed by atoms with Gasteiger partial charge in [-0.1, -0.05) is 0 Å². The van der Waals surface area contributed by atoms with E-state index in [9.17, 15) is 0 Å². The minimum absolute atomic E-state index is 1.27. The number of benzene rings is 1. The van der Waals surface area contributed by atoms with Crippen LogP contribution >= 0.6 is 21.8 Å². The van der Waals surface area contributed by atoms with Gasteiger partial charge in [0.2, 0.25) is 0 Å². The molecule has 1 aromatic carbocycles. The Labute approximate surface area is 250 Å². The van der Waals surface area contributed by atoms with Crippen LogP contribution in [0.5, 0.6) is 0 Å². The van der Waals surface area contributed by atoms with Crippen molar-refractivity contribution < 1.29 is 0 Å². The summed E-state index contributed by atoms with van der Waals surface area (Å²) in [5.74, 6) is 0. The monoisotopic (exact) mass is 601 g/mol. The van der Waals surface area contributed by atoms with Crippen LogP contribution in [0.4, 0.5) is 0 Å². The summed E-state index contributed by atoms with van der Waals surface area (Å²) in [6, 6.07) is 8.33. The summed E-state index contributed by atoms with van der Waals surface area (Å²) in [6.45, 7) is 22.1. The second kappa shape index (κ2) is 20.4. The van der Waals surface area contributed by atoms with Gasteiger partial charge in [-0.05, 0) is 0 Å². The van der Waals surface area contributed by atoms with Gasteiger partial charge in [0.25, 0.3) is 0 Å². The zero-order valence-corrected chi connectivity index (χ0v) is 31.6. The van der Waals surface area contributed by atoms with Crippen LogP contribution in [0.3, 0.4) is 0 Å². The third kappa shape index (κ3) is 12.7. The van der Waals surface area contributed by atoms with Gasteiger partial charge in [0.1, 0.15) is 0 Å². The van der Waals surface area contributed by atoms with Gasteiger partial charge in [0, 0.05) is 0 Å². The van der Waals surface area contributed by atoms with E-state index in [0.717, 1.165) is 0 Å². The number of rotatable bonds is 24. The molecule has 0 saturated heterocycles. The number of hydrogen-bond donors (Lipinski definition) is 0. The first kappa shape index (κ1) is 37.5. The van der Waals surface area contributed by atoms with Crippen molar-refractivity contribution in [1.29, 1.82) is 0 Å². The first-order valence-electron chi connectivity index (χ1n) is 17.9. The van der Waals surface area contributed by atoms with Gasteiger partial charge in [0.05, 0.1) is 0 Å². The maximum atomic E-state index is 2.78. The van der Waals surface area contributed by atoms with E-state index in [1.807, 2.05) is 0 Å². The van der Waals surface area contributed by atoms with Crippen molar-refractivity contribution in [2.24, 2.45) is 0 Å². The van der Waals surface area contributed by atoms with Crippen LogP contribution < -0.4 is 0 Å². The van der Waals surface area contributed by atoms with Gasteiger partial charge in [-0.2, -0.15) is 0 Å². The summed E-state index contributed by atoms with van der Waals surface area (Å²) in [4.78, 5) is 0. The second-order valence-corrected chi connectivity index (χ2v) is 28.5. The van der Waals surface area contributed by atoms with Crippen LogP contribution in [0.25, 0.3) is 0 Å². The molecular formula is C36H75P3. The average Bonchev–Trinajstić information content (AvgIpc) is 2.85. The zero-order chi connectivity index (χ0) is 29.2. The Morgan fingerprint density at radius 2 is 0.462 bits per heavy atom. The molecule has 0 N–H and O–H groups in total. The van der Waals surface area contributed by atoms with E-state index >= 15 is 0 Å². The van der Waals surface area contributed by atoms with Crippen molar-refractivity contribution in [3.05, 3.63) is 34.9 Å². The van der Waals surface area contributed by atoms with E-state index in [4.69, 9.17) is 0 Å². The van der Waals surface area contributed by atoms with Crippen LogP contribution in [0.2, 0.25) is 0 Å². The first-order chi connectivity index (χ1) is 18.8. The molecule has 0 saturated carbocycles. The summed E-state index contributed by atoms with van der Waals surface area (Å²) in [6.07, 6.45) is 30.7. The van der Waals surface area contributed by atoms with Crippen molar-refractivity contribution >= 4 is 21.8 Å². The predicted octanol–water partition coefficient (Wildman–Crippen LogP) is 12.1. The van der Waals surface area contributed by atoms with Gasteiger partial charge in [-0.25, -0.2) is 0 Å². The van der Waals surface area contributed by atoms with Crippen molar-refractivity contribution in [1.82, 2.24) is 0 Å². The van der Waals surface area contributed by atoms with Gasteiger partial charge in [-0.3, -0.25) is 0 Å². The third-order valence-electron chi connectivity index (χ3n) is 9.87. The number of hydrogen-bond acceptors (Lipinski definition) is 0. The van der Waals surface area contributed by atoms with Crippen LogP contribution in [0, 0.1) is 0 Å². The topological polar surface area (TPSA) is 0 Å². The molecule has 0 amide bonds. The third-order valence-corrected chi connectivity index (χ3v) is 27.4. The molecule has 0 aliphatic heterocycles. The SMILES string of the molecule is CCC[PH](CCC)(CCC)Cc1cc(C[PH](CCC)(CCC)CCC)cc(C[PH](CCC)(CCC)CCC)c1. The standard InChI is InChI=1S/C36H75P3/c1-10-19-37(20-11-2,21-12-3)31-34-28-35(32-38(22-13-4,23-14-5)24-15-6)30-36(29-34)33-39(25-16-7,26-17-8)27-18-9/h28-30,37-39H,10-27,31-33H2,1-9H3. The van der Waals surface area contributed by atoms with E-state index < -0.39 is 21.8 Å². The molecule has 234 valence electrons. The Bertz CT molecular complexity index is 592. The van der Waals surface area contributed by atoms with Gasteiger partial charge >= 0.3 is 251 Å². The van der Waals surface area contributed by atoms with E-state index in [1.54, 1.807) is 16.7 Å². The fourth-order valence-electron chi connectivity index (χ4n) is 9.14. The average molecular weight is 601 g/mol. The van der Waals surface area contributed by atoms with Crippen molar-refractivity contribution in [2.45, 2.75) is 139 Å². The van der Waals surface area contributed by atoms with E-state index in [0.29, 0.717) is 0 Å². The van der Waals surface area contributed by atoms with Crippen molar-refractivity contribution in [3.8, 4) is 0 Å². The summed E-state index contributed by atoms with van der Waals surface area (Å²) >= 11 is 0. The van der Waals surface area contributed by atoms with Crippen molar-refractivity contribution in [2.75, 3.05) is 55.5 Å². The quantitative estimate of drug-likeness (QED) is 0.104. The molecule has 0 atom stereocenters. The van der Waals surface area contributed by atoms with Crippen LogP contribution in [-0.4, -0.2) is 55.5 Å². The molecule has 0 aromatic heterocycles. The Morgan fingerprint density at radius 3 is 0.590 bits per heavy atom. The minimum atomic E-state index is -1.27. The molecule has 39 heavy (non-hydrogen) atoms. The summed E-state index contributed by atoms with van der Waals surface area (Å²) < 4.78 is 0. The molecule has 0 heterocycles. The first-order valence-corrected chi connectivity index (χ1v) is 26.4. The molecular weight excluding hydrogens is 525 g/mol. The van der Waals surface area contributed by atoms with Crippen molar-refractivity contribution in [3.63, 3.8) is 0 Å². The summed E-state index contributed by atoms with van der Waals surface area (Å²) in [5.41, 5.74) is 5.30. The molecule has 0 bridgehead atoms. The summed E-state index contributed by atoms with van der Waals surface area (Å²) in [7, 11) is -3.80. The van der Waals surface area contributed by atoms with E-state index in [2.05, 4.69) is 80.5 Å². The normalized spacial score (nSPS) is 14.1. The van der Waals surface area contributed by atoms with Gasteiger partial charge < -0.3 is 0 Å². The maximum absolute atomic E-state index is 2.78. The van der Waals surface area contributed by atoms with Crippen LogP contribution in [0.1, 0.15) is 137 Å². The van der Waals surface area contributed by atoms with E-state index in [1.165, 1.54) is 132 Å². The summed E-state index contributed by atoms with van der Waals surface area (Å²) in [5, 5.41) is 0. The van der Waals surface area contributed by atoms with Gasteiger partial charge in [0.15, 0.2) is 0 Å². The predicted molar refractivity (Wildman–Crippen MR) is 199 cm³/mol. The molecule has 0 aliphatic carbocycles. The molecule has 0 fully saturated rings. The second-order valence-electron chi connectivity index (χ2n) is 13.9. The zero-order valence-electron chi connectivity index (χ0n) is 28.6.